The SMILES string of the molecule is CCC1NC(CC(C)C)C(=O)N1CCN(C)C. The number of hydrogen-bond donors (Lipinski definition) is 1. The summed E-state index contributed by atoms with van der Waals surface area (Å²) in [7, 11) is 4.08. The number of nitrogens with zero attached hydrogens (tertiary/aromatic N) is 2. The second kappa shape index (κ2) is 6.36. The van der Waals surface area contributed by atoms with Crippen LogP contribution in [0.1, 0.15) is 33.6 Å². The summed E-state index contributed by atoms with van der Waals surface area (Å²) in [6, 6.07) is 0.0297. The molecule has 2 unspecified atom stereocenters. The lowest BCUT2D eigenvalue weighted by Crippen LogP contribution is -2.40. The van der Waals surface area contributed by atoms with Crippen LogP contribution in [0.5, 0.6) is 0 Å². The maximum absolute atomic E-state index is 12.3. The van der Waals surface area contributed by atoms with Crippen LogP contribution in [-0.2, 0) is 4.79 Å². The van der Waals surface area contributed by atoms with E-state index in [0.717, 1.165) is 25.9 Å². The van der Waals surface area contributed by atoms with E-state index in [1.54, 1.807) is 0 Å². The summed E-state index contributed by atoms with van der Waals surface area (Å²) in [5.74, 6) is 0.843. The fraction of sp³-hybridized carbons (Fsp3) is 0.923. The topological polar surface area (TPSA) is 35.6 Å². The average molecular weight is 241 g/mol. The average Bonchev–Trinajstić information content (AvgIpc) is 2.52. The number of nitrogens with one attached hydrogen (secondary N) is 1. The van der Waals surface area contributed by atoms with Crippen LogP contribution in [0.15, 0.2) is 0 Å². The summed E-state index contributed by atoms with van der Waals surface area (Å²) in [5, 5.41) is 3.45. The molecule has 1 amide bonds. The lowest BCUT2D eigenvalue weighted by atomic mass is 10.0. The maximum atomic E-state index is 12.3. The van der Waals surface area contributed by atoms with Gasteiger partial charge >= 0.3 is 0 Å². The number of likely N-dealkylation sites (N-methyl/N-ethyl adjacent to an activating group) is 1. The van der Waals surface area contributed by atoms with Gasteiger partial charge in [0.2, 0.25) is 5.91 Å². The minimum Gasteiger partial charge on any atom is -0.325 e. The van der Waals surface area contributed by atoms with E-state index >= 15 is 0 Å². The number of carbonyl (C=O) groups is 1. The van der Waals surface area contributed by atoms with Gasteiger partial charge in [-0.3, -0.25) is 10.1 Å². The van der Waals surface area contributed by atoms with E-state index in [-0.39, 0.29) is 18.1 Å². The molecule has 0 radical (unpaired) electrons. The van der Waals surface area contributed by atoms with E-state index in [9.17, 15) is 4.79 Å². The van der Waals surface area contributed by atoms with Crippen LogP contribution in [0.2, 0.25) is 0 Å². The van der Waals surface area contributed by atoms with Crippen molar-refractivity contribution in [2.24, 2.45) is 5.92 Å². The maximum Gasteiger partial charge on any atom is 0.241 e. The van der Waals surface area contributed by atoms with Crippen molar-refractivity contribution in [3.8, 4) is 0 Å². The third-order valence-corrected chi connectivity index (χ3v) is 3.23. The van der Waals surface area contributed by atoms with E-state index in [2.05, 4.69) is 31.0 Å². The monoisotopic (exact) mass is 241 g/mol. The molecule has 0 spiro atoms. The molecule has 1 heterocycles. The highest BCUT2D eigenvalue weighted by molar-refractivity contribution is 5.84. The lowest BCUT2D eigenvalue weighted by molar-refractivity contribution is -0.130. The predicted octanol–water partition coefficient (Wildman–Crippen LogP) is 1.13. The van der Waals surface area contributed by atoms with E-state index in [1.807, 2.05) is 19.0 Å². The first-order valence-corrected chi connectivity index (χ1v) is 6.67. The van der Waals surface area contributed by atoms with Gasteiger partial charge in [0.15, 0.2) is 0 Å². The highest BCUT2D eigenvalue weighted by Gasteiger charge is 2.37. The Hall–Kier alpha value is -0.610. The molecule has 1 saturated heterocycles. The third-order valence-electron chi connectivity index (χ3n) is 3.23. The molecular formula is C13H27N3O. The molecule has 0 aromatic heterocycles. The van der Waals surface area contributed by atoms with Crippen molar-refractivity contribution in [3.05, 3.63) is 0 Å². The Labute approximate surface area is 105 Å². The van der Waals surface area contributed by atoms with E-state index in [4.69, 9.17) is 0 Å². The van der Waals surface area contributed by atoms with Gasteiger partial charge in [0.05, 0.1) is 12.2 Å². The van der Waals surface area contributed by atoms with Crippen molar-refractivity contribution in [2.75, 3.05) is 27.2 Å². The van der Waals surface area contributed by atoms with Crippen LogP contribution in [-0.4, -0.2) is 55.1 Å². The molecule has 2 atom stereocenters. The summed E-state index contributed by atoms with van der Waals surface area (Å²) in [6.07, 6.45) is 2.15. The predicted molar refractivity (Wildman–Crippen MR) is 70.7 cm³/mol. The largest absolute Gasteiger partial charge is 0.325 e. The summed E-state index contributed by atoms with van der Waals surface area (Å²) < 4.78 is 0. The highest BCUT2D eigenvalue weighted by Crippen LogP contribution is 2.18. The Morgan fingerprint density at radius 2 is 2.06 bits per heavy atom. The molecule has 0 aromatic carbocycles. The zero-order valence-corrected chi connectivity index (χ0v) is 11.9. The first-order valence-electron chi connectivity index (χ1n) is 6.67. The molecule has 1 aliphatic heterocycles. The minimum absolute atomic E-state index is 0.0297. The van der Waals surface area contributed by atoms with Crippen LogP contribution >= 0.6 is 0 Å². The molecular weight excluding hydrogens is 214 g/mol. The zero-order valence-electron chi connectivity index (χ0n) is 11.9. The molecule has 1 N–H and O–H groups in total. The second-order valence-electron chi connectivity index (χ2n) is 5.61. The first kappa shape index (κ1) is 14.5. The fourth-order valence-electron chi connectivity index (χ4n) is 2.30. The quantitative estimate of drug-likeness (QED) is 0.757. The van der Waals surface area contributed by atoms with E-state index in [0.29, 0.717) is 5.92 Å². The molecule has 4 heteroatoms. The highest BCUT2D eigenvalue weighted by atomic mass is 16.2. The van der Waals surface area contributed by atoms with Crippen molar-refractivity contribution in [3.63, 3.8) is 0 Å². The smallest absolute Gasteiger partial charge is 0.241 e. The van der Waals surface area contributed by atoms with Crippen LogP contribution in [0.25, 0.3) is 0 Å². The van der Waals surface area contributed by atoms with Gasteiger partial charge in [-0.25, -0.2) is 0 Å². The number of rotatable bonds is 6. The summed E-state index contributed by atoms with van der Waals surface area (Å²) in [6.45, 7) is 8.21. The fourth-order valence-corrected chi connectivity index (χ4v) is 2.30. The van der Waals surface area contributed by atoms with Crippen LogP contribution in [0.4, 0.5) is 0 Å². The van der Waals surface area contributed by atoms with Gasteiger partial charge in [-0.15, -0.1) is 0 Å². The van der Waals surface area contributed by atoms with E-state index < -0.39 is 0 Å². The summed E-state index contributed by atoms with van der Waals surface area (Å²) >= 11 is 0. The van der Waals surface area contributed by atoms with Gasteiger partial charge in [-0.1, -0.05) is 20.8 Å². The van der Waals surface area contributed by atoms with Crippen LogP contribution in [0, 0.1) is 5.92 Å². The third kappa shape index (κ3) is 3.96. The number of amides is 1. The van der Waals surface area contributed by atoms with Gasteiger partial charge in [0, 0.05) is 13.1 Å². The molecule has 1 aliphatic rings. The van der Waals surface area contributed by atoms with Crippen molar-refractivity contribution < 1.29 is 4.79 Å². The number of carbonyl (C=O) groups excluding carboxylic acids is 1. The van der Waals surface area contributed by atoms with E-state index in [1.165, 1.54) is 0 Å². The van der Waals surface area contributed by atoms with Crippen molar-refractivity contribution in [1.29, 1.82) is 0 Å². The Balaban J connectivity index is 2.58. The molecule has 0 saturated carbocycles. The molecule has 100 valence electrons. The van der Waals surface area contributed by atoms with Crippen molar-refractivity contribution >= 4 is 5.91 Å². The Morgan fingerprint density at radius 3 is 2.53 bits per heavy atom. The standard InChI is InChI=1S/C13H27N3O/c1-6-12-14-11(9-10(2)3)13(17)16(12)8-7-15(4)5/h10-12,14H,6-9H2,1-5H3. The molecule has 0 aliphatic carbocycles. The van der Waals surface area contributed by atoms with Crippen molar-refractivity contribution in [2.45, 2.75) is 45.8 Å². The molecule has 1 rings (SSSR count). The normalized spacial score (nSPS) is 25.4. The Bertz CT molecular complexity index is 253. The molecule has 0 aromatic rings. The molecule has 4 nitrogen and oxygen atoms in total. The van der Waals surface area contributed by atoms with Gasteiger partial charge < -0.3 is 9.80 Å². The molecule has 0 bridgehead atoms. The van der Waals surface area contributed by atoms with Crippen molar-refractivity contribution in [1.82, 2.24) is 15.1 Å². The minimum atomic E-state index is 0.0297. The Kier molecular flexibility index (Phi) is 5.40. The van der Waals surface area contributed by atoms with Gasteiger partial charge in [-0.2, -0.15) is 0 Å². The summed E-state index contributed by atoms with van der Waals surface area (Å²) in [5.41, 5.74) is 0. The van der Waals surface area contributed by atoms with Gasteiger partial charge in [0.25, 0.3) is 0 Å². The second-order valence-corrected chi connectivity index (χ2v) is 5.61. The van der Waals surface area contributed by atoms with Gasteiger partial charge in [0.1, 0.15) is 0 Å². The molecule has 17 heavy (non-hydrogen) atoms. The van der Waals surface area contributed by atoms with Crippen LogP contribution < -0.4 is 5.32 Å². The van der Waals surface area contributed by atoms with Gasteiger partial charge in [-0.05, 0) is 32.9 Å². The number of hydrogen-bond acceptors (Lipinski definition) is 3. The zero-order chi connectivity index (χ0) is 13.0. The van der Waals surface area contributed by atoms with Crippen LogP contribution in [0.3, 0.4) is 0 Å². The molecule has 1 fully saturated rings. The first-order chi connectivity index (χ1) is 7.95. The lowest BCUT2D eigenvalue weighted by Gasteiger charge is -2.24. The summed E-state index contributed by atoms with van der Waals surface area (Å²) in [4.78, 5) is 16.4. The Morgan fingerprint density at radius 1 is 1.41 bits per heavy atom.